The van der Waals surface area contributed by atoms with Crippen molar-refractivity contribution >= 4 is 38.9 Å². The number of thiophene rings is 1. The lowest BCUT2D eigenvalue weighted by Crippen LogP contribution is -1.98. The van der Waals surface area contributed by atoms with Gasteiger partial charge in [-0.3, -0.25) is 0 Å². The van der Waals surface area contributed by atoms with Crippen LogP contribution in [0.1, 0.15) is 5.56 Å². The third-order valence-corrected chi connectivity index (χ3v) is 4.13. The van der Waals surface area contributed by atoms with E-state index in [-0.39, 0.29) is 0 Å². The van der Waals surface area contributed by atoms with Crippen molar-refractivity contribution in [1.82, 2.24) is 0 Å². The summed E-state index contributed by atoms with van der Waals surface area (Å²) in [6.07, 6.45) is 0. The zero-order chi connectivity index (χ0) is 10.8. The Hall–Kier alpha value is -0.350. The highest BCUT2D eigenvalue weighted by molar-refractivity contribution is 9.10. The number of benzene rings is 1. The van der Waals surface area contributed by atoms with Crippen LogP contribution in [-0.2, 0) is 6.54 Å². The smallest absolute Gasteiger partial charge is 0.0412 e. The van der Waals surface area contributed by atoms with Crippen molar-refractivity contribution < 1.29 is 0 Å². The largest absolute Gasteiger partial charge is 0.326 e. The Balaban J connectivity index is 2.60. The van der Waals surface area contributed by atoms with Crippen LogP contribution in [0.25, 0.3) is 11.1 Å². The monoisotopic (exact) mass is 301 g/mol. The van der Waals surface area contributed by atoms with Gasteiger partial charge in [0.15, 0.2) is 0 Å². The number of hydrogen-bond donors (Lipinski definition) is 1. The average Bonchev–Trinajstić information content (AvgIpc) is 2.64. The molecule has 1 heterocycles. The van der Waals surface area contributed by atoms with Gasteiger partial charge in [-0.15, -0.1) is 0 Å². The molecule has 1 nitrogen and oxygen atoms in total. The van der Waals surface area contributed by atoms with Gasteiger partial charge in [-0.2, -0.15) is 11.3 Å². The number of nitrogens with two attached hydrogens (primary N) is 1. The quantitative estimate of drug-likeness (QED) is 0.880. The molecule has 0 spiro atoms. The second-order valence-electron chi connectivity index (χ2n) is 3.14. The summed E-state index contributed by atoms with van der Waals surface area (Å²) in [5.41, 5.74) is 9.08. The standard InChI is InChI=1S/C11H9BrClNS/c12-11-6-15-5-10(11)9-3-8(13)2-1-7(9)4-14/h1-3,5-6H,4,14H2. The second kappa shape index (κ2) is 4.66. The van der Waals surface area contributed by atoms with Crippen LogP contribution in [0, 0.1) is 0 Å². The van der Waals surface area contributed by atoms with E-state index in [4.69, 9.17) is 17.3 Å². The molecular formula is C11H9BrClNS. The van der Waals surface area contributed by atoms with Gasteiger partial charge in [-0.1, -0.05) is 17.7 Å². The minimum absolute atomic E-state index is 0.523. The van der Waals surface area contributed by atoms with Crippen molar-refractivity contribution in [2.24, 2.45) is 5.73 Å². The maximum atomic E-state index is 5.99. The lowest BCUT2D eigenvalue weighted by molar-refractivity contribution is 1.07. The number of rotatable bonds is 2. The van der Waals surface area contributed by atoms with E-state index in [9.17, 15) is 0 Å². The fourth-order valence-corrected chi connectivity index (χ4v) is 3.13. The predicted molar refractivity (Wildman–Crippen MR) is 70.4 cm³/mol. The van der Waals surface area contributed by atoms with E-state index >= 15 is 0 Å². The highest BCUT2D eigenvalue weighted by Crippen LogP contribution is 2.35. The SMILES string of the molecule is NCc1ccc(Cl)cc1-c1cscc1Br. The maximum absolute atomic E-state index is 5.99. The molecule has 0 aliphatic carbocycles. The van der Waals surface area contributed by atoms with Crippen molar-refractivity contribution in [2.75, 3.05) is 0 Å². The van der Waals surface area contributed by atoms with E-state index in [1.54, 1.807) is 11.3 Å². The molecule has 2 N–H and O–H groups in total. The molecule has 0 saturated heterocycles. The van der Waals surface area contributed by atoms with E-state index in [2.05, 4.69) is 26.7 Å². The van der Waals surface area contributed by atoms with E-state index < -0.39 is 0 Å². The van der Waals surface area contributed by atoms with Crippen LogP contribution in [0.4, 0.5) is 0 Å². The predicted octanol–water partition coefficient (Wildman–Crippen LogP) is 4.29. The van der Waals surface area contributed by atoms with Gasteiger partial charge in [-0.25, -0.2) is 0 Å². The molecule has 0 saturated carbocycles. The summed E-state index contributed by atoms with van der Waals surface area (Å²) in [4.78, 5) is 0. The molecule has 4 heteroatoms. The Morgan fingerprint density at radius 3 is 2.67 bits per heavy atom. The van der Waals surface area contributed by atoms with Gasteiger partial charge in [0.25, 0.3) is 0 Å². The second-order valence-corrected chi connectivity index (χ2v) is 5.17. The number of halogens is 2. The molecule has 1 aromatic heterocycles. The van der Waals surface area contributed by atoms with Crippen molar-refractivity contribution in [2.45, 2.75) is 6.54 Å². The van der Waals surface area contributed by atoms with Crippen molar-refractivity contribution in [3.8, 4) is 11.1 Å². The molecule has 0 aliphatic heterocycles. The Morgan fingerprint density at radius 1 is 1.27 bits per heavy atom. The van der Waals surface area contributed by atoms with Crippen LogP contribution < -0.4 is 5.73 Å². The molecule has 78 valence electrons. The summed E-state index contributed by atoms with van der Waals surface area (Å²) in [6.45, 7) is 0.523. The molecular weight excluding hydrogens is 294 g/mol. The van der Waals surface area contributed by atoms with Crippen molar-refractivity contribution in [1.29, 1.82) is 0 Å². The van der Waals surface area contributed by atoms with Crippen LogP contribution >= 0.6 is 38.9 Å². The Labute approximate surface area is 106 Å². The third-order valence-electron chi connectivity index (χ3n) is 2.20. The first-order valence-electron chi connectivity index (χ1n) is 4.43. The summed E-state index contributed by atoms with van der Waals surface area (Å²) >= 11 is 11.2. The van der Waals surface area contributed by atoms with E-state index in [0.29, 0.717) is 6.54 Å². The number of hydrogen-bond acceptors (Lipinski definition) is 2. The zero-order valence-electron chi connectivity index (χ0n) is 7.84. The molecule has 1 aromatic carbocycles. The fourth-order valence-electron chi connectivity index (χ4n) is 1.45. The van der Waals surface area contributed by atoms with Crippen LogP contribution in [0.15, 0.2) is 33.4 Å². The summed E-state index contributed by atoms with van der Waals surface area (Å²) in [6, 6.07) is 5.80. The highest BCUT2D eigenvalue weighted by atomic mass is 79.9. The third kappa shape index (κ3) is 2.26. The van der Waals surface area contributed by atoms with Gasteiger partial charge >= 0.3 is 0 Å². The molecule has 0 fully saturated rings. The molecule has 0 bridgehead atoms. The van der Waals surface area contributed by atoms with Crippen LogP contribution in [-0.4, -0.2) is 0 Å². The molecule has 0 amide bonds. The fraction of sp³-hybridized carbons (Fsp3) is 0.0909. The lowest BCUT2D eigenvalue weighted by Gasteiger charge is -2.07. The summed E-state index contributed by atoms with van der Waals surface area (Å²) in [7, 11) is 0. The topological polar surface area (TPSA) is 26.0 Å². The molecule has 2 aromatic rings. The van der Waals surface area contributed by atoms with Gasteiger partial charge < -0.3 is 5.73 Å². The first kappa shape index (κ1) is 11.1. The molecule has 0 unspecified atom stereocenters. The minimum Gasteiger partial charge on any atom is -0.326 e. The first-order chi connectivity index (χ1) is 7.22. The lowest BCUT2D eigenvalue weighted by atomic mass is 10.0. The maximum Gasteiger partial charge on any atom is 0.0412 e. The Bertz CT molecular complexity index is 481. The van der Waals surface area contributed by atoms with Gasteiger partial charge in [0.2, 0.25) is 0 Å². The highest BCUT2D eigenvalue weighted by Gasteiger charge is 2.08. The summed E-state index contributed by atoms with van der Waals surface area (Å²) in [5.74, 6) is 0. The van der Waals surface area contributed by atoms with Gasteiger partial charge in [0.05, 0.1) is 0 Å². The molecule has 0 atom stereocenters. The first-order valence-corrected chi connectivity index (χ1v) is 6.54. The minimum atomic E-state index is 0.523. The Morgan fingerprint density at radius 2 is 2.07 bits per heavy atom. The van der Waals surface area contributed by atoms with Gasteiger partial charge in [0, 0.05) is 27.0 Å². The van der Waals surface area contributed by atoms with Gasteiger partial charge in [0.1, 0.15) is 0 Å². The molecule has 0 aliphatic rings. The summed E-state index contributed by atoms with van der Waals surface area (Å²) < 4.78 is 1.09. The molecule has 2 rings (SSSR count). The zero-order valence-corrected chi connectivity index (χ0v) is 11.0. The average molecular weight is 303 g/mol. The van der Waals surface area contributed by atoms with E-state index in [1.165, 1.54) is 0 Å². The molecule has 15 heavy (non-hydrogen) atoms. The summed E-state index contributed by atoms with van der Waals surface area (Å²) in [5, 5.41) is 4.88. The van der Waals surface area contributed by atoms with Crippen LogP contribution in [0.2, 0.25) is 5.02 Å². The van der Waals surface area contributed by atoms with Crippen molar-refractivity contribution in [3.05, 3.63) is 44.0 Å². The van der Waals surface area contributed by atoms with Crippen LogP contribution in [0.5, 0.6) is 0 Å². The van der Waals surface area contributed by atoms with Crippen LogP contribution in [0.3, 0.4) is 0 Å². The van der Waals surface area contributed by atoms with E-state index in [1.807, 2.05) is 18.2 Å². The van der Waals surface area contributed by atoms with Crippen molar-refractivity contribution in [3.63, 3.8) is 0 Å². The van der Waals surface area contributed by atoms with Gasteiger partial charge in [-0.05, 0) is 44.6 Å². The van der Waals surface area contributed by atoms with E-state index in [0.717, 1.165) is 26.2 Å². The molecule has 0 radical (unpaired) electrons. The Kier molecular flexibility index (Phi) is 3.46. The normalized spacial score (nSPS) is 10.6.